The molecule has 0 amide bonds. The van der Waals surface area contributed by atoms with Gasteiger partial charge in [0.05, 0.1) is 14.2 Å². The van der Waals surface area contributed by atoms with Gasteiger partial charge in [-0.05, 0) is 17.7 Å². The van der Waals surface area contributed by atoms with Crippen LogP contribution >= 0.6 is 0 Å². The number of rotatable bonds is 7. The third-order valence-corrected chi connectivity index (χ3v) is 4.76. The van der Waals surface area contributed by atoms with Gasteiger partial charge in [-0.2, -0.15) is 4.72 Å². The summed E-state index contributed by atoms with van der Waals surface area (Å²) in [6.45, 7) is 0. The Bertz CT molecular complexity index is 820. The molecule has 0 aromatic heterocycles. The van der Waals surface area contributed by atoms with Crippen molar-refractivity contribution < 1.29 is 27.8 Å². The first-order valence-corrected chi connectivity index (χ1v) is 8.39. The molecule has 0 saturated heterocycles. The number of hydrogen-bond donors (Lipinski definition) is 2. The lowest BCUT2D eigenvalue weighted by Crippen LogP contribution is -2.34. The first-order chi connectivity index (χ1) is 11.4. The fourth-order valence-corrected chi connectivity index (χ4v) is 3.48. The number of methoxy groups -OCH3 is 2. The highest BCUT2D eigenvalue weighted by molar-refractivity contribution is 7.89. The molecule has 2 N–H and O–H groups in total. The van der Waals surface area contributed by atoms with E-state index in [9.17, 15) is 18.3 Å². The predicted molar refractivity (Wildman–Crippen MR) is 86.7 cm³/mol. The summed E-state index contributed by atoms with van der Waals surface area (Å²) in [6.07, 6.45) is 0. The van der Waals surface area contributed by atoms with Crippen molar-refractivity contribution in [3.8, 4) is 11.5 Å². The molecule has 0 aliphatic carbocycles. The lowest BCUT2D eigenvalue weighted by atomic mass is 10.1. The predicted octanol–water partition coefficient (Wildman–Crippen LogP) is 1.81. The minimum atomic E-state index is -4.16. The van der Waals surface area contributed by atoms with Crippen LogP contribution in [0.15, 0.2) is 53.4 Å². The van der Waals surface area contributed by atoms with E-state index < -0.39 is 22.0 Å². The molecular formula is C16H17NO6S. The maximum Gasteiger partial charge on any atom is 0.326 e. The quantitative estimate of drug-likeness (QED) is 0.789. The fourth-order valence-electron chi connectivity index (χ4n) is 2.12. The standard InChI is InChI=1S/C16H17NO6S/c1-22-12-8-9-13(23-2)14(10-12)24(20,21)17-15(16(18)19)11-6-4-3-5-7-11/h3-10,15,17H,1-2H3,(H,18,19). The van der Waals surface area contributed by atoms with E-state index in [1.54, 1.807) is 24.3 Å². The summed E-state index contributed by atoms with van der Waals surface area (Å²) in [5, 5.41) is 9.38. The molecule has 1 unspecified atom stereocenters. The number of hydrogen-bond acceptors (Lipinski definition) is 5. The van der Waals surface area contributed by atoms with Crippen molar-refractivity contribution in [1.82, 2.24) is 4.72 Å². The summed E-state index contributed by atoms with van der Waals surface area (Å²) in [4.78, 5) is 11.3. The zero-order valence-electron chi connectivity index (χ0n) is 13.1. The SMILES string of the molecule is COc1ccc(OC)c(S(=O)(=O)NC(C(=O)O)c2ccccc2)c1. The summed E-state index contributed by atoms with van der Waals surface area (Å²) in [6, 6.07) is 10.9. The smallest absolute Gasteiger partial charge is 0.326 e. The summed E-state index contributed by atoms with van der Waals surface area (Å²) in [7, 11) is -1.44. The summed E-state index contributed by atoms with van der Waals surface area (Å²) >= 11 is 0. The van der Waals surface area contributed by atoms with Crippen molar-refractivity contribution in [3.63, 3.8) is 0 Å². The maximum absolute atomic E-state index is 12.7. The first-order valence-electron chi connectivity index (χ1n) is 6.91. The number of ether oxygens (including phenoxy) is 2. The number of carboxylic acids is 1. The van der Waals surface area contributed by atoms with Crippen LogP contribution in [0.5, 0.6) is 11.5 Å². The third-order valence-electron chi connectivity index (χ3n) is 3.31. The average molecular weight is 351 g/mol. The molecule has 128 valence electrons. The van der Waals surface area contributed by atoms with E-state index in [0.29, 0.717) is 11.3 Å². The Balaban J connectivity index is 2.45. The van der Waals surface area contributed by atoms with Crippen LogP contribution in [0.1, 0.15) is 11.6 Å². The zero-order chi connectivity index (χ0) is 17.7. The first kappa shape index (κ1) is 17.8. The molecule has 0 heterocycles. The minimum Gasteiger partial charge on any atom is -0.497 e. The Morgan fingerprint density at radius 3 is 2.29 bits per heavy atom. The molecule has 0 bridgehead atoms. The van der Waals surface area contributed by atoms with Gasteiger partial charge in [0.15, 0.2) is 0 Å². The second kappa shape index (κ2) is 7.33. The molecule has 7 nitrogen and oxygen atoms in total. The Morgan fingerprint density at radius 2 is 1.75 bits per heavy atom. The van der Waals surface area contributed by atoms with E-state index in [2.05, 4.69) is 4.72 Å². The van der Waals surface area contributed by atoms with Gasteiger partial charge in [-0.25, -0.2) is 8.42 Å². The van der Waals surface area contributed by atoms with E-state index in [-0.39, 0.29) is 10.6 Å². The van der Waals surface area contributed by atoms with Crippen LogP contribution in [0.2, 0.25) is 0 Å². The Morgan fingerprint density at radius 1 is 1.08 bits per heavy atom. The third kappa shape index (κ3) is 3.84. The van der Waals surface area contributed by atoms with Gasteiger partial charge in [-0.15, -0.1) is 0 Å². The Labute approximate surface area is 139 Å². The maximum atomic E-state index is 12.7. The largest absolute Gasteiger partial charge is 0.497 e. The average Bonchev–Trinajstić information content (AvgIpc) is 2.59. The van der Waals surface area contributed by atoms with Gasteiger partial charge in [0, 0.05) is 6.07 Å². The van der Waals surface area contributed by atoms with E-state index in [0.717, 1.165) is 0 Å². The topological polar surface area (TPSA) is 102 Å². The second-order valence-corrected chi connectivity index (χ2v) is 6.50. The van der Waals surface area contributed by atoms with E-state index in [1.165, 1.54) is 38.5 Å². The van der Waals surface area contributed by atoms with Crippen LogP contribution in [-0.2, 0) is 14.8 Å². The zero-order valence-corrected chi connectivity index (χ0v) is 13.9. The molecule has 2 aromatic rings. The lowest BCUT2D eigenvalue weighted by Gasteiger charge is -2.17. The Hall–Kier alpha value is -2.58. The summed E-state index contributed by atoms with van der Waals surface area (Å²) < 4.78 is 37.6. The molecular weight excluding hydrogens is 334 g/mol. The second-order valence-electron chi connectivity index (χ2n) is 4.82. The Kier molecular flexibility index (Phi) is 5.42. The van der Waals surface area contributed by atoms with Gasteiger partial charge < -0.3 is 14.6 Å². The van der Waals surface area contributed by atoms with Gasteiger partial charge in [-0.3, -0.25) is 4.79 Å². The van der Waals surface area contributed by atoms with Crippen molar-refractivity contribution in [2.75, 3.05) is 14.2 Å². The highest BCUT2D eigenvalue weighted by atomic mass is 32.2. The summed E-state index contributed by atoms with van der Waals surface area (Å²) in [5.74, 6) is -0.921. The van der Waals surface area contributed by atoms with Crippen LogP contribution in [-0.4, -0.2) is 33.7 Å². The van der Waals surface area contributed by atoms with Gasteiger partial charge in [0.25, 0.3) is 0 Å². The molecule has 0 radical (unpaired) electrons. The number of nitrogens with one attached hydrogen (secondary N) is 1. The molecule has 0 aliphatic heterocycles. The number of aliphatic carboxylic acids is 1. The molecule has 24 heavy (non-hydrogen) atoms. The highest BCUT2D eigenvalue weighted by Crippen LogP contribution is 2.29. The van der Waals surface area contributed by atoms with Gasteiger partial charge in [0.2, 0.25) is 10.0 Å². The number of carboxylic acid groups (broad SMARTS) is 1. The van der Waals surface area contributed by atoms with Crippen LogP contribution in [0.4, 0.5) is 0 Å². The molecule has 0 aliphatic rings. The summed E-state index contributed by atoms with van der Waals surface area (Å²) in [5.41, 5.74) is 0.315. The van der Waals surface area contributed by atoms with Crippen LogP contribution in [0.25, 0.3) is 0 Å². The molecule has 2 aromatic carbocycles. The van der Waals surface area contributed by atoms with Crippen molar-refractivity contribution in [2.24, 2.45) is 0 Å². The number of sulfonamides is 1. The van der Waals surface area contributed by atoms with Gasteiger partial charge in [-0.1, -0.05) is 30.3 Å². The monoisotopic (exact) mass is 351 g/mol. The number of carbonyl (C=O) groups is 1. The van der Waals surface area contributed by atoms with Gasteiger partial charge >= 0.3 is 5.97 Å². The number of benzene rings is 2. The van der Waals surface area contributed by atoms with Gasteiger partial charge in [0.1, 0.15) is 22.4 Å². The van der Waals surface area contributed by atoms with Crippen molar-refractivity contribution in [1.29, 1.82) is 0 Å². The molecule has 0 spiro atoms. The lowest BCUT2D eigenvalue weighted by molar-refractivity contribution is -0.139. The van der Waals surface area contributed by atoms with E-state index in [4.69, 9.17) is 9.47 Å². The van der Waals surface area contributed by atoms with Crippen LogP contribution in [0.3, 0.4) is 0 Å². The normalized spacial score (nSPS) is 12.4. The van der Waals surface area contributed by atoms with Crippen molar-refractivity contribution >= 4 is 16.0 Å². The molecule has 2 rings (SSSR count). The molecule has 1 atom stereocenters. The molecule has 8 heteroatoms. The van der Waals surface area contributed by atoms with Crippen LogP contribution < -0.4 is 14.2 Å². The molecule has 0 fully saturated rings. The van der Waals surface area contributed by atoms with Crippen molar-refractivity contribution in [3.05, 3.63) is 54.1 Å². The highest BCUT2D eigenvalue weighted by Gasteiger charge is 2.29. The van der Waals surface area contributed by atoms with Crippen LogP contribution in [0, 0.1) is 0 Å². The van der Waals surface area contributed by atoms with Crippen molar-refractivity contribution in [2.45, 2.75) is 10.9 Å². The van der Waals surface area contributed by atoms with E-state index >= 15 is 0 Å². The fraction of sp³-hybridized carbons (Fsp3) is 0.188. The van der Waals surface area contributed by atoms with E-state index in [1.807, 2.05) is 0 Å². The minimum absolute atomic E-state index is 0.0838. The molecule has 0 saturated carbocycles.